The Balaban J connectivity index is 2.06. The minimum absolute atomic E-state index is 0.00156. The number of ether oxygens (including phenoxy) is 1. The highest BCUT2D eigenvalue weighted by Gasteiger charge is 2.40. The molecule has 1 heterocycles. The van der Waals surface area contributed by atoms with Gasteiger partial charge in [-0.3, -0.25) is 4.79 Å². The minimum Gasteiger partial charge on any atom is -0.465 e. The maximum atomic E-state index is 12.2. The average molecular weight is 306 g/mol. The lowest BCUT2D eigenvalue weighted by Gasteiger charge is -2.37. The molecule has 21 heavy (non-hydrogen) atoms. The summed E-state index contributed by atoms with van der Waals surface area (Å²) >= 11 is 1.85. The third-order valence-corrected chi connectivity index (χ3v) is 5.21. The van der Waals surface area contributed by atoms with Crippen molar-refractivity contribution in [3.63, 3.8) is 0 Å². The first-order chi connectivity index (χ1) is 9.87. The summed E-state index contributed by atoms with van der Waals surface area (Å²) in [6.07, 6.45) is 0.899. The lowest BCUT2D eigenvalue weighted by molar-refractivity contribution is -0.161. The van der Waals surface area contributed by atoms with Gasteiger partial charge in [0, 0.05) is 10.6 Å². The van der Waals surface area contributed by atoms with Crippen molar-refractivity contribution in [3.05, 3.63) is 30.3 Å². The van der Waals surface area contributed by atoms with Gasteiger partial charge >= 0.3 is 5.97 Å². The molecule has 1 saturated heterocycles. The lowest BCUT2D eigenvalue weighted by atomic mass is 9.74. The van der Waals surface area contributed by atoms with E-state index >= 15 is 0 Å². The number of hydrogen-bond acceptors (Lipinski definition) is 3. The van der Waals surface area contributed by atoms with Gasteiger partial charge in [-0.05, 0) is 35.8 Å². The highest BCUT2D eigenvalue weighted by molar-refractivity contribution is 7.99. The zero-order valence-corrected chi connectivity index (χ0v) is 14.3. The Hall–Kier alpha value is -0.960. The van der Waals surface area contributed by atoms with Crippen LogP contribution in [0.5, 0.6) is 0 Å². The van der Waals surface area contributed by atoms with Gasteiger partial charge in [0.05, 0.1) is 12.5 Å². The van der Waals surface area contributed by atoms with Crippen LogP contribution in [-0.2, 0) is 9.53 Å². The summed E-state index contributed by atoms with van der Waals surface area (Å²) in [7, 11) is 0. The molecule has 1 aliphatic rings. The number of carbonyl (C=O) groups is 1. The van der Waals surface area contributed by atoms with Gasteiger partial charge in [0.1, 0.15) is 0 Å². The number of hydrogen-bond donors (Lipinski definition) is 0. The van der Waals surface area contributed by atoms with Crippen LogP contribution in [0, 0.1) is 23.2 Å². The standard InChI is InChI=1S/C18H26O2S/c1-13-11-20-17(19)15(10-18(2,3)4)16(13)12-21-14-8-6-5-7-9-14/h5-9,13,15-16H,10-12H2,1-4H3/t13-,15+,16-/m1/s1. The number of cyclic esters (lactones) is 1. The van der Waals surface area contributed by atoms with Gasteiger partial charge in [-0.25, -0.2) is 0 Å². The van der Waals surface area contributed by atoms with E-state index in [9.17, 15) is 4.79 Å². The van der Waals surface area contributed by atoms with Gasteiger partial charge in [-0.15, -0.1) is 11.8 Å². The number of benzene rings is 1. The minimum atomic E-state index is 0.00156. The van der Waals surface area contributed by atoms with Crippen LogP contribution in [0.4, 0.5) is 0 Å². The van der Waals surface area contributed by atoms with Crippen LogP contribution < -0.4 is 0 Å². The molecule has 0 amide bonds. The molecule has 3 heteroatoms. The molecule has 0 aromatic heterocycles. The zero-order valence-electron chi connectivity index (χ0n) is 13.5. The van der Waals surface area contributed by atoms with E-state index in [1.807, 2.05) is 17.8 Å². The molecule has 1 fully saturated rings. The monoisotopic (exact) mass is 306 g/mol. The van der Waals surface area contributed by atoms with Crippen LogP contribution in [0.3, 0.4) is 0 Å². The van der Waals surface area contributed by atoms with E-state index in [0.717, 1.165) is 12.2 Å². The van der Waals surface area contributed by atoms with Crippen molar-refractivity contribution in [1.82, 2.24) is 0 Å². The number of thioether (sulfide) groups is 1. The maximum Gasteiger partial charge on any atom is 0.309 e. The van der Waals surface area contributed by atoms with Gasteiger partial charge < -0.3 is 4.74 Å². The van der Waals surface area contributed by atoms with Crippen molar-refractivity contribution in [3.8, 4) is 0 Å². The van der Waals surface area contributed by atoms with E-state index in [0.29, 0.717) is 18.4 Å². The molecule has 0 spiro atoms. The van der Waals surface area contributed by atoms with Crippen LogP contribution in [0.1, 0.15) is 34.1 Å². The predicted molar refractivity (Wildman–Crippen MR) is 88.3 cm³/mol. The molecule has 0 saturated carbocycles. The van der Waals surface area contributed by atoms with Crippen LogP contribution in [-0.4, -0.2) is 18.3 Å². The van der Waals surface area contributed by atoms with Crippen molar-refractivity contribution in [2.45, 2.75) is 39.0 Å². The molecule has 1 aliphatic heterocycles. The highest BCUT2D eigenvalue weighted by atomic mass is 32.2. The summed E-state index contributed by atoms with van der Waals surface area (Å²) < 4.78 is 5.38. The van der Waals surface area contributed by atoms with Gasteiger partial charge in [-0.1, -0.05) is 45.9 Å². The Morgan fingerprint density at radius 2 is 1.90 bits per heavy atom. The lowest BCUT2D eigenvalue weighted by Crippen LogP contribution is -2.41. The first-order valence-electron chi connectivity index (χ1n) is 7.71. The molecular weight excluding hydrogens is 280 g/mol. The fourth-order valence-electron chi connectivity index (χ4n) is 2.90. The predicted octanol–water partition coefficient (Wildman–Crippen LogP) is 4.64. The molecule has 0 unspecified atom stereocenters. The molecule has 0 aliphatic carbocycles. The summed E-state index contributed by atoms with van der Waals surface area (Å²) in [6.45, 7) is 9.36. The van der Waals surface area contributed by atoms with Crippen LogP contribution in [0.25, 0.3) is 0 Å². The van der Waals surface area contributed by atoms with Crippen LogP contribution in [0.2, 0.25) is 0 Å². The smallest absolute Gasteiger partial charge is 0.309 e. The first-order valence-corrected chi connectivity index (χ1v) is 8.70. The summed E-state index contributed by atoms with van der Waals surface area (Å²) in [5.74, 6) is 1.86. The highest BCUT2D eigenvalue weighted by Crippen LogP contribution is 2.39. The van der Waals surface area contributed by atoms with Gasteiger partial charge in [-0.2, -0.15) is 0 Å². The second kappa shape index (κ2) is 6.87. The fourth-order valence-corrected chi connectivity index (χ4v) is 4.19. The first kappa shape index (κ1) is 16.4. The molecule has 116 valence electrons. The molecule has 0 bridgehead atoms. The Kier molecular flexibility index (Phi) is 5.37. The summed E-state index contributed by atoms with van der Waals surface area (Å²) in [5, 5.41) is 0. The third kappa shape index (κ3) is 4.77. The summed E-state index contributed by atoms with van der Waals surface area (Å²) in [4.78, 5) is 13.5. The van der Waals surface area contributed by atoms with E-state index in [4.69, 9.17) is 4.74 Å². The summed E-state index contributed by atoms with van der Waals surface area (Å²) in [6, 6.07) is 10.4. The topological polar surface area (TPSA) is 26.3 Å². The van der Waals surface area contributed by atoms with E-state index in [1.165, 1.54) is 4.90 Å². The third-order valence-electron chi connectivity index (χ3n) is 4.06. The molecule has 3 atom stereocenters. The van der Waals surface area contributed by atoms with E-state index in [-0.39, 0.29) is 17.3 Å². The second-order valence-electron chi connectivity index (χ2n) is 7.27. The Bertz CT molecular complexity index is 464. The molecule has 0 N–H and O–H groups in total. The van der Waals surface area contributed by atoms with Crippen LogP contribution >= 0.6 is 11.8 Å². The quantitative estimate of drug-likeness (QED) is 0.599. The van der Waals surface area contributed by atoms with Crippen molar-refractivity contribution in [2.24, 2.45) is 23.2 Å². The largest absolute Gasteiger partial charge is 0.465 e. The van der Waals surface area contributed by atoms with Crippen molar-refractivity contribution < 1.29 is 9.53 Å². The maximum absolute atomic E-state index is 12.2. The SMILES string of the molecule is C[C@@H]1COC(=O)[C@@H](CC(C)(C)C)[C@@H]1CSc1ccccc1. The van der Waals surface area contributed by atoms with Crippen LogP contribution in [0.15, 0.2) is 35.2 Å². The molecule has 0 radical (unpaired) electrons. The molecule has 1 aromatic carbocycles. The molecule has 2 nitrogen and oxygen atoms in total. The van der Waals surface area contributed by atoms with Crippen molar-refractivity contribution in [2.75, 3.05) is 12.4 Å². The Morgan fingerprint density at radius 3 is 2.52 bits per heavy atom. The van der Waals surface area contributed by atoms with Gasteiger partial charge in [0.15, 0.2) is 0 Å². The number of rotatable bonds is 4. The fraction of sp³-hybridized carbons (Fsp3) is 0.611. The molecule has 2 rings (SSSR count). The Labute approximate surface area is 132 Å². The van der Waals surface area contributed by atoms with Crippen molar-refractivity contribution >= 4 is 17.7 Å². The molecular formula is C18H26O2S. The second-order valence-corrected chi connectivity index (χ2v) is 8.36. The van der Waals surface area contributed by atoms with Gasteiger partial charge in [0.25, 0.3) is 0 Å². The Morgan fingerprint density at radius 1 is 1.24 bits per heavy atom. The van der Waals surface area contributed by atoms with Crippen molar-refractivity contribution in [1.29, 1.82) is 0 Å². The number of carbonyl (C=O) groups excluding carboxylic acids is 1. The summed E-state index contributed by atoms with van der Waals surface area (Å²) in [5.41, 5.74) is 0.149. The zero-order chi connectivity index (χ0) is 15.5. The molecule has 1 aromatic rings. The van der Waals surface area contributed by atoms with Gasteiger partial charge in [0.2, 0.25) is 0 Å². The average Bonchev–Trinajstić information content (AvgIpc) is 2.42. The normalized spacial score (nSPS) is 26.5. The van der Waals surface area contributed by atoms with E-state index in [2.05, 4.69) is 52.0 Å². The van der Waals surface area contributed by atoms with E-state index < -0.39 is 0 Å². The number of esters is 1. The van der Waals surface area contributed by atoms with E-state index in [1.54, 1.807) is 0 Å².